The number of rotatable bonds is 5. The highest BCUT2D eigenvalue weighted by molar-refractivity contribution is 7.89. The first-order valence-corrected chi connectivity index (χ1v) is 13.6. The van der Waals surface area contributed by atoms with Crippen molar-refractivity contribution in [2.45, 2.75) is 56.3 Å². The molecule has 0 radical (unpaired) electrons. The summed E-state index contributed by atoms with van der Waals surface area (Å²) < 4.78 is 33.0. The Bertz CT molecular complexity index is 958. The van der Waals surface area contributed by atoms with Crippen LogP contribution in [0.3, 0.4) is 0 Å². The maximum absolute atomic E-state index is 13.2. The second kappa shape index (κ2) is 10.4. The van der Waals surface area contributed by atoms with Gasteiger partial charge in [0.15, 0.2) is 0 Å². The van der Waals surface area contributed by atoms with E-state index in [2.05, 4.69) is 0 Å². The lowest BCUT2D eigenvalue weighted by Gasteiger charge is -2.34. The third-order valence-electron chi connectivity index (χ3n) is 7.14. The molecule has 3 fully saturated rings. The summed E-state index contributed by atoms with van der Waals surface area (Å²) in [5.41, 5.74) is 0.339. The van der Waals surface area contributed by atoms with Crippen LogP contribution in [-0.2, 0) is 14.8 Å². The molecule has 2 amide bonds. The summed E-state index contributed by atoms with van der Waals surface area (Å²) in [6.45, 7) is 3.67. The first-order valence-electron chi connectivity index (χ1n) is 12.2. The fourth-order valence-electron chi connectivity index (χ4n) is 5.14. The predicted molar refractivity (Wildman–Crippen MR) is 125 cm³/mol. The molecule has 0 unspecified atom stereocenters. The molecular weight excluding hydrogens is 442 g/mol. The number of hydrogen-bond donors (Lipinski definition) is 0. The van der Waals surface area contributed by atoms with Gasteiger partial charge < -0.3 is 14.5 Å². The molecule has 33 heavy (non-hydrogen) atoms. The van der Waals surface area contributed by atoms with Gasteiger partial charge in [0.2, 0.25) is 15.9 Å². The smallest absolute Gasteiger partial charge is 0.253 e. The lowest BCUT2D eigenvalue weighted by Crippen LogP contribution is -2.44. The summed E-state index contributed by atoms with van der Waals surface area (Å²) in [7, 11) is -2.28. The molecule has 9 heteroatoms. The Balaban J connectivity index is 1.44. The molecule has 0 aromatic heterocycles. The number of ether oxygens (including phenoxy) is 1. The molecule has 4 rings (SSSR count). The van der Waals surface area contributed by atoms with Gasteiger partial charge in [0.05, 0.1) is 7.11 Å². The molecule has 3 aliphatic rings. The quantitative estimate of drug-likeness (QED) is 0.651. The number of hydrogen-bond acceptors (Lipinski definition) is 5. The Morgan fingerprint density at radius 2 is 1.45 bits per heavy atom. The fourth-order valence-corrected chi connectivity index (χ4v) is 6.84. The highest BCUT2D eigenvalue weighted by Crippen LogP contribution is 2.31. The predicted octanol–water partition coefficient (Wildman–Crippen LogP) is 2.73. The molecule has 0 aliphatic carbocycles. The van der Waals surface area contributed by atoms with Crippen molar-refractivity contribution in [2.24, 2.45) is 5.92 Å². The van der Waals surface area contributed by atoms with Crippen LogP contribution in [0.4, 0.5) is 0 Å². The van der Waals surface area contributed by atoms with E-state index in [0.717, 1.165) is 38.8 Å². The van der Waals surface area contributed by atoms with Gasteiger partial charge >= 0.3 is 0 Å². The van der Waals surface area contributed by atoms with Gasteiger partial charge in [-0.2, -0.15) is 4.31 Å². The van der Waals surface area contributed by atoms with Gasteiger partial charge in [0.1, 0.15) is 10.6 Å². The van der Waals surface area contributed by atoms with E-state index in [1.807, 2.05) is 4.90 Å². The minimum absolute atomic E-state index is 0.0332. The van der Waals surface area contributed by atoms with E-state index in [4.69, 9.17) is 4.74 Å². The number of carbonyl (C=O) groups excluding carboxylic acids is 2. The number of benzene rings is 1. The van der Waals surface area contributed by atoms with Crippen molar-refractivity contribution in [1.29, 1.82) is 0 Å². The first kappa shape index (κ1) is 24.0. The minimum Gasteiger partial charge on any atom is -0.495 e. The van der Waals surface area contributed by atoms with Gasteiger partial charge in [-0.25, -0.2) is 8.42 Å². The SMILES string of the molecule is COc1ccc(C(=O)N2CCC(C(=O)N3CCCCCC3)CC2)cc1S(=O)(=O)N1CCCC1. The monoisotopic (exact) mass is 477 g/mol. The summed E-state index contributed by atoms with van der Waals surface area (Å²) in [6.07, 6.45) is 7.50. The summed E-state index contributed by atoms with van der Waals surface area (Å²) in [5, 5.41) is 0. The summed E-state index contributed by atoms with van der Waals surface area (Å²) >= 11 is 0. The second-order valence-corrected chi connectivity index (χ2v) is 11.2. The summed E-state index contributed by atoms with van der Waals surface area (Å²) in [4.78, 5) is 29.9. The standard InChI is InChI=1S/C24H35N3O5S/c1-32-21-9-8-20(18-22(21)33(30,31)27-14-6-7-15-27)24(29)26-16-10-19(11-17-26)23(28)25-12-4-2-3-5-13-25/h8-9,18-19H,2-7,10-17H2,1H3. The van der Waals surface area contributed by atoms with Crippen molar-refractivity contribution in [3.8, 4) is 5.75 Å². The van der Waals surface area contributed by atoms with Crippen LogP contribution >= 0.6 is 0 Å². The maximum atomic E-state index is 13.2. The molecule has 0 spiro atoms. The van der Waals surface area contributed by atoms with Crippen LogP contribution in [0.2, 0.25) is 0 Å². The van der Waals surface area contributed by atoms with Crippen molar-refractivity contribution in [2.75, 3.05) is 46.4 Å². The number of carbonyl (C=O) groups is 2. The zero-order valence-electron chi connectivity index (χ0n) is 19.5. The molecule has 3 saturated heterocycles. The lowest BCUT2D eigenvalue weighted by molar-refractivity contribution is -0.136. The third-order valence-corrected chi connectivity index (χ3v) is 9.06. The van der Waals surface area contributed by atoms with E-state index in [1.54, 1.807) is 17.0 Å². The minimum atomic E-state index is -3.72. The highest BCUT2D eigenvalue weighted by atomic mass is 32.2. The first-order chi connectivity index (χ1) is 15.9. The van der Waals surface area contributed by atoms with Gasteiger partial charge in [0.25, 0.3) is 5.91 Å². The third kappa shape index (κ3) is 5.19. The fraction of sp³-hybridized carbons (Fsp3) is 0.667. The van der Waals surface area contributed by atoms with Crippen molar-refractivity contribution in [1.82, 2.24) is 14.1 Å². The Kier molecular flexibility index (Phi) is 7.58. The topological polar surface area (TPSA) is 87.2 Å². The van der Waals surface area contributed by atoms with Crippen LogP contribution in [0.1, 0.15) is 61.7 Å². The van der Waals surface area contributed by atoms with Crippen LogP contribution in [-0.4, -0.2) is 80.7 Å². The molecule has 8 nitrogen and oxygen atoms in total. The zero-order valence-corrected chi connectivity index (χ0v) is 20.3. The maximum Gasteiger partial charge on any atom is 0.253 e. The average molecular weight is 478 g/mol. The Hall–Kier alpha value is -2.13. The molecule has 1 aromatic rings. The van der Waals surface area contributed by atoms with Crippen LogP contribution in [0, 0.1) is 5.92 Å². The second-order valence-electron chi connectivity index (χ2n) is 9.28. The zero-order chi connectivity index (χ0) is 23.4. The van der Waals surface area contributed by atoms with E-state index in [1.165, 1.54) is 30.3 Å². The van der Waals surface area contributed by atoms with Gasteiger partial charge in [0, 0.05) is 50.7 Å². The Morgan fingerprint density at radius 1 is 0.848 bits per heavy atom. The molecule has 3 heterocycles. The van der Waals surface area contributed by atoms with Crippen molar-refractivity contribution >= 4 is 21.8 Å². The van der Waals surface area contributed by atoms with E-state index >= 15 is 0 Å². The van der Waals surface area contributed by atoms with E-state index in [0.29, 0.717) is 44.6 Å². The summed E-state index contributed by atoms with van der Waals surface area (Å²) in [6, 6.07) is 4.63. The largest absolute Gasteiger partial charge is 0.495 e. The molecule has 0 bridgehead atoms. The van der Waals surface area contributed by atoms with Crippen molar-refractivity contribution in [3.05, 3.63) is 23.8 Å². The number of methoxy groups -OCH3 is 1. The van der Waals surface area contributed by atoms with E-state index in [9.17, 15) is 18.0 Å². The van der Waals surface area contributed by atoms with Crippen molar-refractivity contribution in [3.63, 3.8) is 0 Å². The molecule has 0 atom stereocenters. The number of amides is 2. The summed E-state index contributed by atoms with van der Waals surface area (Å²) in [5.74, 6) is 0.248. The number of likely N-dealkylation sites (tertiary alicyclic amines) is 2. The van der Waals surface area contributed by atoms with Crippen molar-refractivity contribution < 1.29 is 22.7 Å². The molecular formula is C24H35N3O5S. The normalized spacial score (nSPS) is 21.1. The van der Waals surface area contributed by atoms with Gasteiger partial charge in [-0.05, 0) is 56.7 Å². The number of nitrogens with zero attached hydrogens (tertiary/aromatic N) is 3. The van der Waals surface area contributed by atoms with E-state index in [-0.39, 0.29) is 28.4 Å². The molecule has 1 aromatic carbocycles. The molecule has 0 N–H and O–H groups in total. The van der Waals surface area contributed by atoms with Crippen LogP contribution in [0.15, 0.2) is 23.1 Å². The van der Waals surface area contributed by atoms with Gasteiger partial charge in [-0.1, -0.05) is 12.8 Å². The average Bonchev–Trinajstić information content (AvgIpc) is 3.27. The van der Waals surface area contributed by atoms with Crippen LogP contribution in [0.5, 0.6) is 5.75 Å². The Morgan fingerprint density at radius 3 is 2.06 bits per heavy atom. The van der Waals surface area contributed by atoms with E-state index < -0.39 is 10.0 Å². The van der Waals surface area contributed by atoms with Gasteiger partial charge in [-0.15, -0.1) is 0 Å². The molecule has 0 saturated carbocycles. The van der Waals surface area contributed by atoms with Crippen LogP contribution < -0.4 is 4.74 Å². The lowest BCUT2D eigenvalue weighted by atomic mass is 9.94. The molecule has 3 aliphatic heterocycles. The van der Waals surface area contributed by atoms with Gasteiger partial charge in [-0.3, -0.25) is 9.59 Å². The number of piperidine rings is 1. The number of sulfonamides is 1. The van der Waals surface area contributed by atoms with Crippen LogP contribution in [0.25, 0.3) is 0 Å². The molecule has 182 valence electrons. The highest BCUT2D eigenvalue weighted by Gasteiger charge is 2.33. The Labute approximate surface area is 196 Å².